The first-order valence-corrected chi connectivity index (χ1v) is 5.03. The Morgan fingerprint density at radius 1 is 1.60 bits per heavy atom. The molecule has 0 saturated carbocycles. The summed E-state index contributed by atoms with van der Waals surface area (Å²) in [4.78, 5) is 11.3. The Morgan fingerprint density at radius 2 is 2.33 bits per heavy atom. The van der Waals surface area contributed by atoms with Crippen LogP contribution in [0, 0.1) is 0 Å². The molecular formula is C10H17N3O2. The van der Waals surface area contributed by atoms with Crippen molar-refractivity contribution in [3.63, 3.8) is 0 Å². The van der Waals surface area contributed by atoms with E-state index in [-0.39, 0.29) is 12.1 Å². The number of aromatic nitrogens is 2. The summed E-state index contributed by atoms with van der Waals surface area (Å²) in [6, 6.07) is 3.33. The summed E-state index contributed by atoms with van der Waals surface area (Å²) in [6.45, 7) is 4.68. The van der Waals surface area contributed by atoms with E-state index in [9.17, 15) is 9.90 Å². The molecule has 0 aliphatic carbocycles. The molecule has 1 rings (SSSR count). The number of nitrogens with zero attached hydrogens (tertiary/aromatic N) is 2. The van der Waals surface area contributed by atoms with Crippen LogP contribution in [0.1, 0.15) is 13.8 Å². The lowest BCUT2D eigenvalue weighted by atomic mass is 10.3. The van der Waals surface area contributed by atoms with Gasteiger partial charge < -0.3 is 10.4 Å². The van der Waals surface area contributed by atoms with Crippen LogP contribution in [0.4, 0.5) is 0 Å². The van der Waals surface area contributed by atoms with E-state index in [4.69, 9.17) is 0 Å². The second kappa shape index (κ2) is 5.63. The number of hydrogen-bond acceptors (Lipinski definition) is 4. The normalized spacial score (nSPS) is 13.1. The summed E-state index contributed by atoms with van der Waals surface area (Å²) in [6.07, 6.45) is 0.935. The third kappa shape index (κ3) is 4.22. The molecule has 15 heavy (non-hydrogen) atoms. The average Bonchev–Trinajstić information content (AvgIpc) is 2.18. The van der Waals surface area contributed by atoms with Gasteiger partial charge in [0.25, 0.3) is 5.56 Å². The molecule has 0 amide bonds. The molecule has 1 heterocycles. The van der Waals surface area contributed by atoms with Gasteiger partial charge in [0.15, 0.2) is 0 Å². The summed E-state index contributed by atoms with van der Waals surface area (Å²) in [7, 11) is 0. The fraction of sp³-hybridized carbons (Fsp3) is 0.600. The van der Waals surface area contributed by atoms with E-state index < -0.39 is 6.10 Å². The van der Waals surface area contributed by atoms with Crippen LogP contribution in [0.2, 0.25) is 0 Å². The third-order valence-corrected chi connectivity index (χ3v) is 1.93. The fourth-order valence-electron chi connectivity index (χ4n) is 1.16. The van der Waals surface area contributed by atoms with Gasteiger partial charge in [0, 0.05) is 24.8 Å². The van der Waals surface area contributed by atoms with E-state index in [0.717, 1.165) is 0 Å². The SMILES string of the molecule is CC(C)NCC(O)Cn1ncccc1=O. The molecule has 84 valence electrons. The van der Waals surface area contributed by atoms with Gasteiger partial charge in [-0.25, -0.2) is 4.68 Å². The largest absolute Gasteiger partial charge is 0.390 e. The molecule has 0 radical (unpaired) electrons. The van der Waals surface area contributed by atoms with Gasteiger partial charge in [0.1, 0.15) is 0 Å². The van der Waals surface area contributed by atoms with Gasteiger partial charge in [-0.1, -0.05) is 13.8 Å². The minimum absolute atomic E-state index is 0.193. The Bertz CT molecular complexity index is 349. The first-order valence-electron chi connectivity index (χ1n) is 5.03. The highest BCUT2D eigenvalue weighted by atomic mass is 16.3. The van der Waals surface area contributed by atoms with Crippen molar-refractivity contribution in [2.75, 3.05) is 6.54 Å². The molecule has 0 aliphatic heterocycles. The highest BCUT2D eigenvalue weighted by Crippen LogP contribution is 1.87. The summed E-state index contributed by atoms with van der Waals surface area (Å²) >= 11 is 0. The van der Waals surface area contributed by atoms with Crippen LogP contribution in [0.15, 0.2) is 23.1 Å². The second-order valence-electron chi connectivity index (χ2n) is 3.76. The smallest absolute Gasteiger partial charge is 0.266 e. The van der Waals surface area contributed by atoms with Gasteiger partial charge in [0.2, 0.25) is 0 Å². The lowest BCUT2D eigenvalue weighted by Gasteiger charge is -2.14. The molecule has 1 aromatic heterocycles. The minimum Gasteiger partial charge on any atom is -0.390 e. The zero-order valence-corrected chi connectivity index (χ0v) is 9.05. The lowest BCUT2D eigenvalue weighted by Crippen LogP contribution is -2.37. The van der Waals surface area contributed by atoms with Crippen LogP contribution in [0.5, 0.6) is 0 Å². The standard InChI is InChI=1S/C10H17N3O2/c1-8(2)11-6-9(14)7-13-10(15)4-3-5-12-13/h3-5,8-9,11,14H,6-7H2,1-2H3. The van der Waals surface area contributed by atoms with E-state index in [1.807, 2.05) is 13.8 Å². The molecule has 5 nitrogen and oxygen atoms in total. The summed E-state index contributed by atoms with van der Waals surface area (Å²) < 4.78 is 1.26. The molecule has 0 aliphatic rings. The number of nitrogens with one attached hydrogen (secondary N) is 1. The Morgan fingerprint density at radius 3 is 2.93 bits per heavy atom. The fourth-order valence-corrected chi connectivity index (χ4v) is 1.16. The average molecular weight is 211 g/mol. The number of hydrogen-bond donors (Lipinski definition) is 2. The van der Waals surface area contributed by atoms with Gasteiger partial charge >= 0.3 is 0 Å². The lowest BCUT2D eigenvalue weighted by molar-refractivity contribution is 0.142. The summed E-state index contributed by atoms with van der Waals surface area (Å²) in [5, 5.41) is 16.6. The van der Waals surface area contributed by atoms with Crippen molar-refractivity contribution in [1.82, 2.24) is 15.1 Å². The van der Waals surface area contributed by atoms with Crippen molar-refractivity contribution < 1.29 is 5.11 Å². The molecule has 1 unspecified atom stereocenters. The van der Waals surface area contributed by atoms with Gasteiger partial charge in [-0.3, -0.25) is 4.79 Å². The van der Waals surface area contributed by atoms with E-state index in [1.54, 1.807) is 6.07 Å². The van der Waals surface area contributed by atoms with E-state index >= 15 is 0 Å². The Hall–Kier alpha value is -1.20. The molecular weight excluding hydrogens is 194 g/mol. The quantitative estimate of drug-likeness (QED) is 0.695. The van der Waals surface area contributed by atoms with Gasteiger partial charge in [-0.15, -0.1) is 0 Å². The van der Waals surface area contributed by atoms with E-state index in [2.05, 4.69) is 10.4 Å². The van der Waals surface area contributed by atoms with Crippen molar-refractivity contribution in [3.8, 4) is 0 Å². The predicted molar refractivity (Wildman–Crippen MR) is 57.6 cm³/mol. The van der Waals surface area contributed by atoms with Crippen LogP contribution in [-0.4, -0.2) is 33.6 Å². The van der Waals surface area contributed by atoms with Crippen molar-refractivity contribution in [2.45, 2.75) is 32.5 Å². The van der Waals surface area contributed by atoms with E-state index in [1.165, 1.54) is 16.9 Å². The molecule has 2 N–H and O–H groups in total. The molecule has 1 aromatic rings. The van der Waals surface area contributed by atoms with Crippen molar-refractivity contribution in [2.24, 2.45) is 0 Å². The number of rotatable bonds is 5. The molecule has 0 fully saturated rings. The maximum Gasteiger partial charge on any atom is 0.266 e. The van der Waals surface area contributed by atoms with Crippen LogP contribution in [-0.2, 0) is 6.54 Å². The predicted octanol–water partition coefficient (Wildman–Crippen LogP) is -0.398. The third-order valence-electron chi connectivity index (χ3n) is 1.93. The maximum atomic E-state index is 11.3. The molecule has 0 spiro atoms. The summed E-state index contributed by atoms with van der Waals surface area (Å²) in [5.41, 5.74) is -0.193. The Kier molecular flexibility index (Phi) is 4.45. The minimum atomic E-state index is -0.597. The zero-order valence-electron chi connectivity index (χ0n) is 9.05. The Balaban J connectivity index is 2.48. The van der Waals surface area contributed by atoms with Gasteiger partial charge in [-0.2, -0.15) is 5.10 Å². The second-order valence-corrected chi connectivity index (χ2v) is 3.76. The molecule has 5 heteroatoms. The first-order chi connectivity index (χ1) is 7.09. The number of aliphatic hydroxyl groups excluding tert-OH is 1. The first kappa shape index (κ1) is 11.9. The van der Waals surface area contributed by atoms with Crippen molar-refractivity contribution >= 4 is 0 Å². The highest BCUT2D eigenvalue weighted by molar-refractivity contribution is 4.85. The van der Waals surface area contributed by atoms with Crippen LogP contribution >= 0.6 is 0 Å². The van der Waals surface area contributed by atoms with Gasteiger partial charge in [0.05, 0.1) is 12.6 Å². The van der Waals surface area contributed by atoms with E-state index in [0.29, 0.717) is 12.6 Å². The van der Waals surface area contributed by atoms with Gasteiger partial charge in [-0.05, 0) is 6.07 Å². The monoisotopic (exact) mass is 211 g/mol. The maximum absolute atomic E-state index is 11.3. The van der Waals surface area contributed by atoms with Crippen molar-refractivity contribution in [1.29, 1.82) is 0 Å². The molecule has 0 saturated heterocycles. The Labute approximate surface area is 88.7 Å². The van der Waals surface area contributed by atoms with Crippen LogP contribution in [0.3, 0.4) is 0 Å². The van der Waals surface area contributed by atoms with Crippen LogP contribution in [0.25, 0.3) is 0 Å². The van der Waals surface area contributed by atoms with Crippen LogP contribution < -0.4 is 10.9 Å². The topological polar surface area (TPSA) is 67.2 Å². The zero-order chi connectivity index (χ0) is 11.3. The van der Waals surface area contributed by atoms with Crippen molar-refractivity contribution in [3.05, 3.63) is 28.7 Å². The molecule has 0 bridgehead atoms. The molecule has 1 atom stereocenters. The summed E-state index contributed by atoms with van der Waals surface area (Å²) in [5.74, 6) is 0. The molecule has 0 aromatic carbocycles. The number of aliphatic hydroxyl groups is 1. The highest BCUT2D eigenvalue weighted by Gasteiger charge is 2.06.